The number of ether oxygens (including phenoxy) is 5. The number of aromatic hydroxyl groups is 1. The monoisotopic (exact) mass is 1470 g/mol. The van der Waals surface area contributed by atoms with Crippen LogP contribution in [0, 0.1) is 0 Å². The zero-order valence-corrected chi connectivity index (χ0v) is 55.8. The molecule has 5 aromatic heterocycles. The number of aldehydes is 1. The van der Waals surface area contributed by atoms with Gasteiger partial charge in [-0.2, -0.15) is 0 Å². The van der Waals surface area contributed by atoms with Gasteiger partial charge in [-0.3, -0.25) is 28.5 Å². The number of H-pyrrole nitrogens is 1. The second-order valence-corrected chi connectivity index (χ2v) is 23.7. The van der Waals surface area contributed by atoms with Crippen molar-refractivity contribution in [1.29, 1.82) is 0 Å². The van der Waals surface area contributed by atoms with Crippen LogP contribution >= 0.6 is 96.9 Å². The third-order valence-corrected chi connectivity index (χ3v) is 9.77. The van der Waals surface area contributed by atoms with Gasteiger partial charge in [-0.15, -0.1) is 0 Å². The molecule has 5 aromatic rings. The molecule has 0 aromatic carbocycles. The van der Waals surface area contributed by atoms with E-state index in [1.165, 1.54) is 24.7 Å². The molecule has 0 aliphatic rings. The number of aromatic amines is 1. The van der Waals surface area contributed by atoms with Gasteiger partial charge in [0.05, 0.1) is 61.5 Å². The van der Waals surface area contributed by atoms with Gasteiger partial charge in [0.15, 0.2) is 12.1 Å². The van der Waals surface area contributed by atoms with Crippen molar-refractivity contribution in [2.45, 2.75) is 89.7 Å². The molecule has 0 saturated carbocycles. The number of rotatable bonds is 20. The van der Waals surface area contributed by atoms with Crippen molar-refractivity contribution in [3.8, 4) is 5.75 Å². The number of Topliss-reactive ketones (excluding diaryl/α,β-unsaturated/α-hetero) is 1. The number of hydrogen-bond donors (Lipinski definition) is 6. The number of aromatic nitrogens is 5. The molecule has 89 heavy (non-hydrogen) atoms. The van der Waals surface area contributed by atoms with Crippen LogP contribution in [0.1, 0.15) is 130 Å². The summed E-state index contributed by atoms with van der Waals surface area (Å²) in [5.74, 6) is -3.61. The summed E-state index contributed by atoms with van der Waals surface area (Å²) >= 11 is 40.7. The third-order valence-electron chi connectivity index (χ3n) is 8.63. The van der Waals surface area contributed by atoms with Crippen LogP contribution in [-0.2, 0) is 71.7 Å². The van der Waals surface area contributed by atoms with E-state index in [0.717, 1.165) is 48.6 Å². The van der Waals surface area contributed by atoms with E-state index in [9.17, 15) is 42.9 Å². The SMILES string of the molecule is C.C.CCNc1cc(Cl)ncc1C(=O)OCC.CCNc1cc(Cl)ncc1C=O.CCNc1cc(Cl)ncc1CO.CCOC(=O)CC(=O)CC(=O)OCC.CCOC(=O)c1c[nH]c(=O)cc1O.CCOC(=O)c1cnc(Cl)cc1Cl.O=P(Cl)(Cl)Cl.[O]=[Mn]=[O]. The van der Waals surface area contributed by atoms with Gasteiger partial charge in [-0.25, -0.2) is 34.3 Å². The van der Waals surface area contributed by atoms with Gasteiger partial charge in [-0.1, -0.05) is 72.9 Å². The Hall–Kier alpha value is -5.93. The zero-order valence-electron chi connectivity index (χ0n) is 47.7. The molecule has 0 bridgehead atoms. The van der Waals surface area contributed by atoms with Crippen LogP contribution in [-0.4, -0.2) is 130 Å². The van der Waals surface area contributed by atoms with Crippen LogP contribution in [0.3, 0.4) is 0 Å². The predicted octanol–water partition coefficient (Wildman–Crippen LogP) is 13.1. The van der Waals surface area contributed by atoms with Gasteiger partial charge < -0.3 is 54.8 Å². The van der Waals surface area contributed by atoms with Crippen LogP contribution in [0.15, 0.2) is 66.1 Å². The van der Waals surface area contributed by atoms with Crippen molar-refractivity contribution < 1.29 is 94.5 Å². The summed E-state index contributed by atoms with van der Waals surface area (Å²) in [4.78, 5) is 105. The summed E-state index contributed by atoms with van der Waals surface area (Å²) in [6, 6.07) is 7.27. The Kier molecular flexibility index (Phi) is 56.7. The summed E-state index contributed by atoms with van der Waals surface area (Å²) in [5.41, 5.74) is 3.65. The standard InChI is InChI=1S/C10H13ClN2O2.C9H14O5.C8H7Cl2NO2.C8H11ClN2O.C8H9ClN2O.C8H9NO4.2CH4.Cl3OP.Mn.2O/c1-3-12-8-5-9(11)13-6-7(8)10(14)15-4-2;1-3-13-8(11)5-7(10)6-9(12)14-4-2;1-2-13-8(12)5-4-11-7(10)3-6(5)9;2*1-2-10-7-3-8(9)11-4-6(7)5-12;1-2-13-8(12)5-4-9-7(11)3-6(5)10;;;1-5(2,3)4;;;/h5-6H,3-4H2,1-2H3,(H,12,13);3-6H2,1-2H3;3-4H,2H2,1H3;3-4,12H,2,5H2,1H3,(H,10,11);3-5H,2H2,1H3,(H,10,11);3-4H,2H2,1H3,(H2,9,10,11);2*1H4;;;;. The normalized spacial score (nSPS) is 9.36. The predicted molar refractivity (Wildman–Crippen MR) is 340 cm³/mol. The number of aliphatic hydroxyl groups is 1. The Labute approximate surface area is 560 Å². The van der Waals surface area contributed by atoms with Crippen molar-refractivity contribution in [3.63, 3.8) is 0 Å². The van der Waals surface area contributed by atoms with Gasteiger partial charge in [0.25, 0.3) is 5.56 Å². The fourth-order valence-electron chi connectivity index (χ4n) is 5.36. The Morgan fingerprint density at radius 1 is 0.573 bits per heavy atom. The number of nitrogens with zero attached hydrogens (tertiary/aromatic N) is 4. The third kappa shape index (κ3) is 45.9. The first-order chi connectivity index (χ1) is 41.0. The summed E-state index contributed by atoms with van der Waals surface area (Å²) in [7, 11) is 0. The summed E-state index contributed by atoms with van der Waals surface area (Å²) in [5, 5.41) is 25.6. The van der Waals surface area contributed by atoms with Crippen molar-refractivity contribution in [2.75, 3.05) is 68.6 Å². The van der Waals surface area contributed by atoms with Gasteiger partial charge in [-0.05, 0) is 113 Å². The van der Waals surface area contributed by atoms with Crippen LogP contribution in [0.25, 0.3) is 0 Å². The first kappa shape index (κ1) is 91.8. The average molecular weight is 1480 g/mol. The molecule has 36 heteroatoms. The minimum atomic E-state index is -3.22. The number of nitrogens with one attached hydrogen (secondary N) is 4. The van der Waals surface area contributed by atoms with Crippen LogP contribution in [0.5, 0.6) is 5.75 Å². The second kappa shape index (κ2) is 55.0. The topological polar surface area (TPSA) is 378 Å². The number of aliphatic hydroxyl groups excluding tert-OH is 1. The molecule has 6 N–H and O–H groups in total. The van der Waals surface area contributed by atoms with Gasteiger partial charge in [0.2, 0.25) is 0 Å². The van der Waals surface area contributed by atoms with Crippen molar-refractivity contribution in [2.24, 2.45) is 0 Å². The van der Waals surface area contributed by atoms with Gasteiger partial charge in [0, 0.05) is 73.6 Å². The van der Waals surface area contributed by atoms with Gasteiger partial charge in [0.1, 0.15) is 50.3 Å². The number of anilines is 3. The molecule has 26 nitrogen and oxygen atoms in total. The van der Waals surface area contributed by atoms with E-state index in [1.807, 2.05) is 20.8 Å². The maximum absolute atomic E-state index is 11.5. The number of carbonyl (C=O) groups excluding carboxylic acids is 7. The number of halogens is 8. The summed E-state index contributed by atoms with van der Waals surface area (Å²) in [6.07, 6.45) is 6.87. The number of ketones is 1. The Balaban J connectivity index is -0.000000308. The number of pyridine rings is 5. The number of esters is 5. The average Bonchev–Trinajstić information content (AvgIpc) is 3.28. The molecule has 0 fully saturated rings. The molecule has 0 aliphatic carbocycles. The van der Waals surface area contributed by atoms with E-state index in [0.29, 0.717) is 52.0 Å². The van der Waals surface area contributed by atoms with Gasteiger partial charge >= 0.3 is 57.5 Å². The van der Waals surface area contributed by atoms with E-state index in [-0.39, 0.29) is 81.2 Å². The molecule has 0 unspecified atom stereocenters. The summed E-state index contributed by atoms with van der Waals surface area (Å²) < 4.78 is 49.7. The van der Waals surface area contributed by atoms with E-state index < -0.39 is 61.2 Å². The molecule has 0 amide bonds. The van der Waals surface area contributed by atoms with Crippen molar-refractivity contribution >= 4 is 156 Å². The minimum absolute atomic E-state index is 0. The fourth-order valence-corrected chi connectivity index (χ4v) is 6.28. The molecule has 0 saturated heterocycles. The molecule has 5 rings (SSSR count). The van der Waals surface area contributed by atoms with Crippen LogP contribution < -0.4 is 21.5 Å². The molecule has 0 radical (unpaired) electrons. The van der Waals surface area contributed by atoms with Crippen LogP contribution in [0.2, 0.25) is 25.6 Å². The van der Waals surface area contributed by atoms with E-state index in [4.69, 9.17) is 85.4 Å². The molecule has 499 valence electrons. The second-order valence-electron chi connectivity index (χ2n) is 14.9. The number of hydrogen-bond acceptors (Lipinski definition) is 25. The zero-order chi connectivity index (χ0) is 67.1. The molecule has 0 aliphatic heterocycles. The molecule has 0 atom stereocenters. The fraction of sp³-hybridized carbons (Fsp3) is 0.396. The maximum atomic E-state index is 11.5. The van der Waals surface area contributed by atoms with E-state index in [1.54, 1.807) is 59.0 Å². The Morgan fingerprint density at radius 3 is 1.34 bits per heavy atom. The molecule has 0 spiro atoms. The Bertz CT molecular complexity index is 3060. The van der Waals surface area contributed by atoms with Crippen LogP contribution in [0.4, 0.5) is 17.1 Å². The van der Waals surface area contributed by atoms with E-state index >= 15 is 0 Å². The molecular weight excluding hydrogens is 1410 g/mol. The Morgan fingerprint density at radius 2 is 0.933 bits per heavy atom. The van der Waals surface area contributed by atoms with E-state index in [2.05, 4.69) is 88.8 Å². The molecule has 5 heterocycles. The van der Waals surface area contributed by atoms with Crippen molar-refractivity contribution in [3.05, 3.63) is 125 Å². The summed E-state index contributed by atoms with van der Waals surface area (Å²) in [6.45, 7) is 17.8. The first-order valence-corrected chi connectivity index (χ1v) is 32.2. The first-order valence-electron chi connectivity index (χ1n) is 24.9. The molecular formula is C53H71Cl8MnN8O18P. The number of carbonyl (C=O) groups is 7. The van der Waals surface area contributed by atoms with Crippen molar-refractivity contribution in [1.82, 2.24) is 24.9 Å². The quantitative estimate of drug-likeness (QED) is 0.00801.